The predicted octanol–water partition coefficient (Wildman–Crippen LogP) is 3.53. The summed E-state index contributed by atoms with van der Waals surface area (Å²) in [7, 11) is 0. The largest absolute Gasteiger partial charge is 0.433 e. The number of aromatic nitrogens is 1. The molecule has 0 saturated heterocycles. The van der Waals surface area contributed by atoms with E-state index in [4.69, 9.17) is 11.6 Å². The van der Waals surface area contributed by atoms with Crippen LogP contribution in [0, 0.1) is 0 Å². The Morgan fingerprint density at radius 1 is 1.29 bits per heavy atom. The van der Waals surface area contributed by atoms with Crippen LogP contribution >= 0.6 is 11.6 Å². The van der Waals surface area contributed by atoms with Crippen LogP contribution < -0.4 is 10.3 Å². The number of nitrogens with one attached hydrogen (secondary N) is 1. The van der Waals surface area contributed by atoms with Crippen LogP contribution in [0.2, 0.25) is 5.02 Å². The second-order valence-electron chi connectivity index (χ2n) is 6.05. The van der Waals surface area contributed by atoms with Crippen LogP contribution in [-0.4, -0.2) is 22.5 Å². The number of hydrogen-bond acceptors (Lipinski definition) is 4. The summed E-state index contributed by atoms with van der Waals surface area (Å²) >= 11 is 6.22. The van der Waals surface area contributed by atoms with E-state index in [2.05, 4.69) is 15.4 Å². The number of carbonyl (C=O) groups is 2. The molecule has 0 saturated carbocycles. The lowest BCUT2D eigenvalue weighted by atomic mass is 10.0. The number of benzene rings is 1. The van der Waals surface area contributed by atoms with Gasteiger partial charge in [0.05, 0.1) is 24.0 Å². The molecular weight excluding hydrogens is 397 g/mol. The maximum atomic E-state index is 12.6. The summed E-state index contributed by atoms with van der Waals surface area (Å²) in [6, 6.07) is 6.99. The molecule has 1 aliphatic heterocycles. The van der Waals surface area contributed by atoms with Crippen LogP contribution in [0.3, 0.4) is 0 Å². The lowest BCUT2D eigenvalue weighted by molar-refractivity contribution is -0.141. The van der Waals surface area contributed by atoms with Gasteiger partial charge in [0, 0.05) is 24.1 Å². The Hall–Kier alpha value is -2.94. The highest BCUT2D eigenvalue weighted by atomic mass is 35.5. The number of alkyl halides is 3. The predicted molar refractivity (Wildman–Crippen MR) is 96.9 cm³/mol. The molecule has 2 aromatic rings. The number of nitrogens with zero attached hydrogens (tertiary/aromatic N) is 3. The zero-order valence-electron chi connectivity index (χ0n) is 14.5. The average molecular weight is 411 g/mol. The summed E-state index contributed by atoms with van der Waals surface area (Å²) in [5, 5.41) is 8.23. The number of amides is 2. The van der Waals surface area contributed by atoms with Crippen molar-refractivity contribution in [1.29, 1.82) is 0 Å². The molecule has 0 bridgehead atoms. The molecule has 28 heavy (non-hydrogen) atoms. The third-order valence-corrected chi connectivity index (χ3v) is 4.27. The molecular formula is C18H14ClF3N4O2. The quantitative estimate of drug-likeness (QED) is 0.837. The lowest BCUT2D eigenvalue weighted by Gasteiger charge is -2.12. The average Bonchev–Trinajstić information content (AvgIpc) is 3.02. The van der Waals surface area contributed by atoms with Gasteiger partial charge in [-0.1, -0.05) is 17.7 Å². The third-order valence-electron chi connectivity index (χ3n) is 3.94. The Balaban J connectivity index is 1.87. The van der Waals surface area contributed by atoms with Gasteiger partial charge in [-0.2, -0.15) is 23.3 Å². The van der Waals surface area contributed by atoms with Crippen molar-refractivity contribution in [3.8, 4) is 0 Å². The summed E-state index contributed by atoms with van der Waals surface area (Å²) in [4.78, 5) is 26.7. The minimum atomic E-state index is -4.57. The van der Waals surface area contributed by atoms with Gasteiger partial charge in [-0.05, 0) is 29.8 Å². The molecule has 1 aliphatic rings. The topological polar surface area (TPSA) is 74.7 Å². The van der Waals surface area contributed by atoms with Crippen LogP contribution in [0.5, 0.6) is 0 Å². The first-order valence-electron chi connectivity index (χ1n) is 8.12. The summed E-state index contributed by atoms with van der Waals surface area (Å²) in [5.41, 5.74) is 0.721. The minimum absolute atomic E-state index is 0.0651. The zero-order chi connectivity index (χ0) is 20.5. The zero-order valence-corrected chi connectivity index (χ0v) is 15.3. The number of carbonyl (C=O) groups excluding carboxylic acids is 2. The molecule has 1 N–H and O–H groups in total. The van der Waals surface area contributed by atoms with Gasteiger partial charge in [0.15, 0.2) is 0 Å². The van der Waals surface area contributed by atoms with E-state index in [1.165, 1.54) is 6.92 Å². The van der Waals surface area contributed by atoms with Gasteiger partial charge in [-0.3, -0.25) is 9.59 Å². The van der Waals surface area contributed by atoms with Crippen LogP contribution in [0.4, 0.5) is 18.9 Å². The van der Waals surface area contributed by atoms with E-state index < -0.39 is 17.8 Å². The van der Waals surface area contributed by atoms with Gasteiger partial charge < -0.3 is 5.32 Å². The molecule has 6 nitrogen and oxygen atoms in total. The number of hydrogen-bond donors (Lipinski definition) is 1. The van der Waals surface area contributed by atoms with Crippen LogP contribution in [-0.2, 0) is 22.3 Å². The third kappa shape index (κ3) is 4.30. The Morgan fingerprint density at radius 3 is 2.64 bits per heavy atom. The number of pyridine rings is 1. The minimum Gasteiger partial charge on any atom is -0.352 e. The molecule has 0 atom stereocenters. The molecule has 0 aliphatic carbocycles. The highest BCUT2D eigenvalue weighted by Gasteiger charge is 2.33. The molecule has 0 fully saturated rings. The molecule has 0 radical (unpaired) electrons. The van der Waals surface area contributed by atoms with Gasteiger partial charge >= 0.3 is 6.18 Å². The van der Waals surface area contributed by atoms with E-state index in [-0.39, 0.29) is 24.6 Å². The maximum absolute atomic E-state index is 12.6. The molecule has 2 heterocycles. The highest BCUT2D eigenvalue weighted by Crippen LogP contribution is 2.30. The lowest BCUT2D eigenvalue weighted by Crippen LogP contribution is -2.20. The Labute approximate surface area is 163 Å². The van der Waals surface area contributed by atoms with Crippen molar-refractivity contribution in [2.75, 3.05) is 5.01 Å². The first kappa shape index (κ1) is 19.8. The molecule has 0 spiro atoms. The van der Waals surface area contributed by atoms with Crippen molar-refractivity contribution in [1.82, 2.24) is 10.3 Å². The Bertz CT molecular complexity index is 958. The highest BCUT2D eigenvalue weighted by molar-refractivity contribution is 6.35. The van der Waals surface area contributed by atoms with Crippen LogP contribution in [0.15, 0.2) is 41.6 Å². The molecule has 2 amide bonds. The molecule has 10 heteroatoms. The summed E-state index contributed by atoms with van der Waals surface area (Å²) in [6.45, 7) is 1.68. The van der Waals surface area contributed by atoms with Crippen molar-refractivity contribution in [3.05, 3.63) is 58.4 Å². The normalized spacial score (nSPS) is 14.2. The number of hydrazone groups is 1. The molecule has 146 valence electrons. The molecule has 0 unspecified atom stereocenters. The molecule has 3 rings (SSSR count). The monoisotopic (exact) mass is 410 g/mol. The van der Waals surface area contributed by atoms with Crippen molar-refractivity contribution in [3.63, 3.8) is 0 Å². The first-order valence-corrected chi connectivity index (χ1v) is 8.50. The first-order chi connectivity index (χ1) is 13.1. The van der Waals surface area contributed by atoms with Crippen molar-refractivity contribution >= 4 is 34.8 Å². The SMILES string of the molecule is CC(=O)NCc1ccc(Cl)c(C2=NN(c3ccc(C(F)(F)F)nc3)C(=O)C2)c1. The van der Waals surface area contributed by atoms with Crippen molar-refractivity contribution < 1.29 is 22.8 Å². The molecule has 1 aromatic carbocycles. The van der Waals surface area contributed by atoms with E-state index in [0.29, 0.717) is 16.3 Å². The van der Waals surface area contributed by atoms with Crippen molar-refractivity contribution in [2.24, 2.45) is 5.10 Å². The van der Waals surface area contributed by atoms with E-state index in [9.17, 15) is 22.8 Å². The summed E-state index contributed by atoms with van der Waals surface area (Å²) in [6.07, 6.45) is -3.68. The second-order valence-corrected chi connectivity index (χ2v) is 6.46. The summed E-state index contributed by atoms with van der Waals surface area (Å²) in [5.74, 6) is -0.606. The van der Waals surface area contributed by atoms with Gasteiger partial charge in [0.25, 0.3) is 5.91 Å². The van der Waals surface area contributed by atoms with Gasteiger partial charge in [0.2, 0.25) is 5.91 Å². The fourth-order valence-corrected chi connectivity index (χ4v) is 2.82. The Kier molecular flexibility index (Phi) is 5.37. The van der Waals surface area contributed by atoms with Gasteiger partial charge in [0.1, 0.15) is 5.69 Å². The van der Waals surface area contributed by atoms with Gasteiger partial charge in [-0.15, -0.1) is 0 Å². The smallest absolute Gasteiger partial charge is 0.352 e. The van der Waals surface area contributed by atoms with Crippen LogP contribution in [0.25, 0.3) is 0 Å². The fourth-order valence-electron chi connectivity index (χ4n) is 2.59. The van der Waals surface area contributed by atoms with Gasteiger partial charge in [-0.25, -0.2) is 4.98 Å². The fraction of sp³-hybridized carbons (Fsp3) is 0.222. The van der Waals surface area contributed by atoms with E-state index in [1.54, 1.807) is 18.2 Å². The number of halogens is 4. The van der Waals surface area contributed by atoms with Crippen molar-refractivity contribution in [2.45, 2.75) is 26.1 Å². The van der Waals surface area contributed by atoms with E-state index in [1.807, 2.05) is 0 Å². The maximum Gasteiger partial charge on any atom is 0.433 e. The number of rotatable bonds is 4. The Morgan fingerprint density at radius 2 is 2.04 bits per heavy atom. The summed E-state index contributed by atoms with van der Waals surface area (Å²) < 4.78 is 37.9. The number of anilines is 1. The van der Waals surface area contributed by atoms with E-state index >= 15 is 0 Å². The van der Waals surface area contributed by atoms with E-state index in [0.717, 1.165) is 28.9 Å². The standard InChI is InChI=1S/C18H14ClF3N4O2/c1-10(27)23-8-11-2-4-14(19)13(6-11)15-7-17(28)26(25-15)12-3-5-16(24-9-12)18(20,21)22/h2-6,9H,7-8H2,1H3,(H,23,27). The van der Waals surface area contributed by atoms with Crippen LogP contribution in [0.1, 0.15) is 30.2 Å². The molecule has 1 aromatic heterocycles. The second kappa shape index (κ2) is 7.59.